The van der Waals surface area contributed by atoms with Crippen molar-refractivity contribution < 1.29 is 0 Å². The molecular formula is C15H22N2. The Balaban J connectivity index is 1.45. The molecule has 1 N–H and O–H groups in total. The fourth-order valence-electron chi connectivity index (χ4n) is 2.74. The summed E-state index contributed by atoms with van der Waals surface area (Å²) in [5.41, 5.74) is 2.41. The first-order valence-corrected chi connectivity index (χ1v) is 6.95. The maximum atomic E-state index is 4.43. The maximum Gasteiger partial charge on any atom is 0.0541 e. The van der Waals surface area contributed by atoms with Crippen molar-refractivity contribution in [2.75, 3.05) is 6.54 Å². The van der Waals surface area contributed by atoms with Gasteiger partial charge in [-0.25, -0.2) is 0 Å². The number of nitrogens with one attached hydrogen (secondary N) is 1. The molecule has 0 saturated heterocycles. The third-order valence-electron chi connectivity index (χ3n) is 4.11. The zero-order chi connectivity index (χ0) is 11.7. The van der Waals surface area contributed by atoms with Crippen molar-refractivity contribution in [3.05, 3.63) is 29.6 Å². The molecule has 0 bridgehead atoms. The fourth-order valence-corrected chi connectivity index (χ4v) is 2.74. The highest BCUT2D eigenvalue weighted by molar-refractivity contribution is 5.12. The fraction of sp³-hybridized carbons (Fsp3) is 0.667. The van der Waals surface area contributed by atoms with Gasteiger partial charge in [-0.3, -0.25) is 4.98 Å². The first kappa shape index (κ1) is 11.2. The first-order chi connectivity index (χ1) is 8.33. The van der Waals surface area contributed by atoms with E-state index in [0.717, 1.165) is 24.3 Å². The Hall–Kier alpha value is -0.890. The van der Waals surface area contributed by atoms with Crippen molar-refractivity contribution in [2.45, 2.75) is 39.2 Å². The molecule has 2 fully saturated rings. The highest BCUT2D eigenvalue weighted by atomic mass is 14.9. The van der Waals surface area contributed by atoms with Crippen LogP contribution >= 0.6 is 0 Å². The van der Waals surface area contributed by atoms with Crippen molar-refractivity contribution in [3.8, 4) is 0 Å². The Kier molecular flexibility index (Phi) is 3.15. The molecule has 2 nitrogen and oxygen atoms in total. The van der Waals surface area contributed by atoms with E-state index < -0.39 is 0 Å². The normalized spacial score (nSPS) is 19.9. The van der Waals surface area contributed by atoms with Crippen molar-refractivity contribution in [1.82, 2.24) is 10.3 Å². The molecule has 0 unspecified atom stereocenters. The van der Waals surface area contributed by atoms with Crippen LogP contribution in [0.25, 0.3) is 0 Å². The highest BCUT2D eigenvalue weighted by Gasteiger charge is 2.40. The molecule has 0 aromatic carbocycles. The average molecular weight is 230 g/mol. The van der Waals surface area contributed by atoms with Crippen LogP contribution in [0.2, 0.25) is 0 Å². The van der Waals surface area contributed by atoms with Crippen molar-refractivity contribution in [1.29, 1.82) is 0 Å². The number of aromatic nitrogens is 1. The Bertz CT molecular complexity index is 351. The SMILES string of the molecule is Cc1ccc(CNCC(C2CC2)C2CC2)nc1. The summed E-state index contributed by atoms with van der Waals surface area (Å²) in [6, 6.07) is 4.27. The van der Waals surface area contributed by atoms with Crippen molar-refractivity contribution in [2.24, 2.45) is 17.8 Å². The van der Waals surface area contributed by atoms with E-state index in [1.54, 1.807) is 0 Å². The van der Waals surface area contributed by atoms with Gasteiger partial charge in [-0.15, -0.1) is 0 Å². The lowest BCUT2D eigenvalue weighted by atomic mass is 9.98. The Morgan fingerprint density at radius 2 is 1.94 bits per heavy atom. The molecule has 2 saturated carbocycles. The zero-order valence-electron chi connectivity index (χ0n) is 10.7. The highest BCUT2D eigenvalue weighted by Crippen LogP contribution is 2.48. The molecule has 17 heavy (non-hydrogen) atoms. The van der Waals surface area contributed by atoms with Gasteiger partial charge in [0.05, 0.1) is 5.69 Å². The van der Waals surface area contributed by atoms with Crippen LogP contribution in [0.15, 0.2) is 18.3 Å². The maximum absolute atomic E-state index is 4.43. The molecule has 0 spiro atoms. The monoisotopic (exact) mass is 230 g/mol. The largest absolute Gasteiger partial charge is 0.311 e. The molecule has 1 aromatic heterocycles. The third kappa shape index (κ3) is 3.06. The van der Waals surface area contributed by atoms with E-state index in [-0.39, 0.29) is 0 Å². The van der Waals surface area contributed by atoms with E-state index in [0.29, 0.717) is 0 Å². The second-order valence-corrected chi connectivity index (χ2v) is 5.80. The smallest absolute Gasteiger partial charge is 0.0541 e. The van der Waals surface area contributed by atoms with Crippen molar-refractivity contribution in [3.63, 3.8) is 0 Å². The van der Waals surface area contributed by atoms with E-state index >= 15 is 0 Å². The Labute approximate surface area is 104 Å². The van der Waals surface area contributed by atoms with Gasteiger partial charge < -0.3 is 5.32 Å². The number of pyridine rings is 1. The van der Waals surface area contributed by atoms with Crippen LogP contribution in [-0.2, 0) is 6.54 Å². The standard InChI is InChI=1S/C15H22N2/c1-11-2-7-14(17-8-11)9-16-10-15(12-3-4-12)13-5-6-13/h2,7-8,12-13,15-16H,3-6,9-10H2,1H3. The molecule has 0 atom stereocenters. The van der Waals surface area contributed by atoms with Crippen LogP contribution in [-0.4, -0.2) is 11.5 Å². The summed E-state index contributed by atoms with van der Waals surface area (Å²) in [7, 11) is 0. The number of nitrogens with zero attached hydrogens (tertiary/aromatic N) is 1. The van der Waals surface area contributed by atoms with Crippen LogP contribution in [0.3, 0.4) is 0 Å². The first-order valence-electron chi connectivity index (χ1n) is 6.95. The van der Waals surface area contributed by atoms with Gasteiger partial charge in [-0.2, -0.15) is 0 Å². The van der Waals surface area contributed by atoms with E-state index in [1.807, 2.05) is 6.20 Å². The van der Waals surface area contributed by atoms with E-state index in [1.165, 1.54) is 43.5 Å². The molecule has 1 aromatic rings. The van der Waals surface area contributed by atoms with Gasteiger partial charge in [-0.1, -0.05) is 6.07 Å². The quantitative estimate of drug-likeness (QED) is 0.812. The van der Waals surface area contributed by atoms with Gasteiger partial charge in [0.1, 0.15) is 0 Å². The molecule has 1 heterocycles. The molecule has 92 valence electrons. The minimum Gasteiger partial charge on any atom is -0.311 e. The average Bonchev–Trinajstić information content (AvgIpc) is 3.19. The minimum absolute atomic E-state index is 0.927. The summed E-state index contributed by atoms with van der Waals surface area (Å²) < 4.78 is 0. The van der Waals surface area contributed by atoms with Crippen LogP contribution in [0.1, 0.15) is 36.9 Å². The summed E-state index contributed by atoms with van der Waals surface area (Å²) >= 11 is 0. The zero-order valence-corrected chi connectivity index (χ0v) is 10.7. The lowest BCUT2D eigenvalue weighted by molar-refractivity contribution is 0.377. The molecule has 2 heteroatoms. The van der Waals surface area contributed by atoms with Gasteiger partial charge in [0.15, 0.2) is 0 Å². The lowest BCUT2D eigenvalue weighted by Crippen LogP contribution is -2.25. The molecule has 2 aliphatic carbocycles. The number of aryl methyl sites for hydroxylation is 1. The molecule has 2 aliphatic rings. The van der Waals surface area contributed by atoms with E-state index in [4.69, 9.17) is 0 Å². The number of rotatable bonds is 6. The molecular weight excluding hydrogens is 208 g/mol. The van der Waals surface area contributed by atoms with E-state index in [2.05, 4.69) is 29.4 Å². The van der Waals surface area contributed by atoms with Gasteiger partial charge in [0.25, 0.3) is 0 Å². The second-order valence-electron chi connectivity index (χ2n) is 5.80. The Morgan fingerprint density at radius 1 is 1.24 bits per heavy atom. The van der Waals surface area contributed by atoms with Gasteiger partial charge in [0.2, 0.25) is 0 Å². The second kappa shape index (κ2) is 4.77. The summed E-state index contributed by atoms with van der Waals surface area (Å²) in [4.78, 5) is 4.43. The minimum atomic E-state index is 0.927. The van der Waals surface area contributed by atoms with Crippen LogP contribution < -0.4 is 5.32 Å². The molecule has 0 radical (unpaired) electrons. The number of hydrogen-bond donors (Lipinski definition) is 1. The van der Waals surface area contributed by atoms with Crippen LogP contribution in [0.4, 0.5) is 0 Å². The summed E-state index contributed by atoms with van der Waals surface area (Å²) in [5.74, 6) is 3.04. The predicted octanol–water partition coefficient (Wildman–Crippen LogP) is 2.92. The third-order valence-corrected chi connectivity index (χ3v) is 4.11. The Morgan fingerprint density at radius 3 is 2.47 bits per heavy atom. The van der Waals surface area contributed by atoms with Crippen LogP contribution in [0.5, 0.6) is 0 Å². The van der Waals surface area contributed by atoms with Crippen molar-refractivity contribution >= 4 is 0 Å². The van der Waals surface area contributed by atoms with Gasteiger partial charge in [0, 0.05) is 12.7 Å². The predicted molar refractivity (Wildman–Crippen MR) is 69.6 cm³/mol. The molecule has 0 aliphatic heterocycles. The summed E-state index contributed by atoms with van der Waals surface area (Å²) in [6.45, 7) is 4.21. The topological polar surface area (TPSA) is 24.9 Å². The molecule has 3 rings (SSSR count). The number of hydrogen-bond acceptors (Lipinski definition) is 2. The van der Waals surface area contributed by atoms with Gasteiger partial charge in [-0.05, 0) is 68.5 Å². The van der Waals surface area contributed by atoms with Gasteiger partial charge >= 0.3 is 0 Å². The summed E-state index contributed by atoms with van der Waals surface area (Å²) in [6.07, 6.45) is 7.87. The lowest BCUT2D eigenvalue weighted by Gasteiger charge is -2.16. The van der Waals surface area contributed by atoms with Crippen LogP contribution in [0, 0.1) is 24.7 Å². The molecule has 0 amide bonds. The van der Waals surface area contributed by atoms with E-state index in [9.17, 15) is 0 Å². The summed E-state index contributed by atoms with van der Waals surface area (Å²) in [5, 5.41) is 3.60.